The van der Waals surface area contributed by atoms with Gasteiger partial charge in [-0.25, -0.2) is 4.79 Å². The molecule has 1 aromatic heterocycles. The average molecular weight is 245 g/mol. The standard InChI is InChI=1S/C12H11N3O3/c1-2-18-12(16)11-7-10(13-14-11)8-3-5-9(15-17)6-4-8/h3-7H,2H2,1H3,(H,13,14). The molecule has 0 unspecified atom stereocenters. The Balaban J connectivity index is 2.23. The maximum atomic E-state index is 11.4. The van der Waals surface area contributed by atoms with Crippen LogP contribution in [-0.4, -0.2) is 22.8 Å². The van der Waals surface area contributed by atoms with E-state index in [0.29, 0.717) is 23.7 Å². The van der Waals surface area contributed by atoms with E-state index >= 15 is 0 Å². The Morgan fingerprint density at radius 1 is 1.39 bits per heavy atom. The van der Waals surface area contributed by atoms with Crippen LogP contribution < -0.4 is 0 Å². The van der Waals surface area contributed by atoms with Crippen molar-refractivity contribution >= 4 is 11.7 Å². The summed E-state index contributed by atoms with van der Waals surface area (Å²) in [6.07, 6.45) is 0. The summed E-state index contributed by atoms with van der Waals surface area (Å²) in [5.41, 5.74) is 2.04. The van der Waals surface area contributed by atoms with Crippen molar-refractivity contribution in [1.29, 1.82) is 0 Å². The highest BCUT2D eigenvalue weighted by atomic mass is 16.5. The summed E-state index contributed by atoms with van der Waals surface area (Å²) in [6.45, 7) is 2.05. The lowest BCUT2D eigenvalue weighted by molar-refractivity contribution is 0.0519. The number of carbonyl (C=O) groups excluding carboxylic acids is 1. The molecule has 0 aliphatic rings. The van der Waals surface area contributed by atoms with Crippen molar-refractivity contribution in [3.63, 3.8) is 0 Å². The molecule has 0 spiro atoms. The average Bonchev–Trinajstić information content (AvgIpc) is 2.89. The van der Waals surface area contributed by atoms with Gasteiger partial charge in [0, 0.05) is 5.56 Å². The lowest BCUT2D eigenvalue weighted by Gasteiger charge is -1.96. The predicted molar refractivity (Wildman–Crippen MR) is 65.4 cm³/mol. The minimum Gasteiger partial charge on any atom is -0.461 e. The molecule has 6 nitrogen and oxygen atoms in total. The van der Waals surface area contributed by atoms with E-state index in [4.69, 9.17) is 4.74 Å². The van der Waals surface area contributed by atoms with Crippen LogP contribution in [0.5, 0.6) is 0 Å². The minimum absolute atomic E-state index is 0.296. The Bertz CT molecular complexity index is 560. The summed E-state index contributed by atoms with van der Waals surface area (Å²) in [5.74, 6) is -0.442. The molecule has 0 radical (unpaired) electrons. The highest BCUT2D eigenvalue weighted by Crippen LogP contribution is 2.21. The molecule has 1 N–H and O–H groups in total. The van der Waals surface area contributed by atoms with Crippen molar-refractivity contribution in [2.24, 2.45) is 5.18 Å². The van der Waals surface area contributed by atoms with Gasteiger partial charge in [-0.2, -0.15) is 5.10 Å². The fraction of sp³-hybridized carbons (Fsp3) is 0.167. The van der Waals surface area contributed by atoms with Gasteiger partial charge in [-0.1, -0.05) is 12.1 Å². The smallest absolute Gasteiger partial charge is 0.356 e. The number of aromatic nitrogens is 2. The van der Waals surface area contributed by atoms with Crippen LogP contribution in [0.2, 0.25) is 0 Å². The van der Waals surface area contributed by atoms with E-state index in [1.807, 2.05) is 0 Å². The molecule has 6 heteroatoms. The molecule has 0 bridgehead atoms. The molecule has 1 aromatic carbocycles. The molecule has 2 aromatic rings. The van der Waals surface area contributed by atoms with Crippen molar-refractivity contribution < 1.29 is 9.53 Å². The highest BCUT2D eigenvalue weighted by molar-refractivity contribution is 5.88. The summed E-state index contributed by atoms with van der Waals surface area (Å²) in [5, 5.41) is 9.43. The van der Waals surface area contributed by atoms with E-state index < -0.39 is 5.97 Å². The van der Waals surface area contributed by atoms with Gasteiger partial charge < -0.3 is 4.74 Å². The Hall–Kier alpha value is -2.50. The van der Waals surface area contributed by atoms with Gasteiger partial charge >= 0.3 is 5.97 Å². The lowest BCUT2D eigenvalue weighted by atomic mass is 10.1. The van der Waals surface area contributed by atoms with Crippen molar-refractivity contribution in [3.8, 4) is 11.3 Å². The van der Waals surface area contributed by atoms with Gasteiger partial charge in [0.25, 0.3) is 0 Å². The van der Waals surface area contributed by atoms with E-state index in [-0.39, 0.29) is 0 Å². The minimum atomic E-state index is -0.442. The first-order valence-corrected chi connectivity index (χ1v) is 5.41. The van der Waals surface area contributed by atoms with Crippen LogP contribution in [-0.2, 0) is 4.74 Å². The molecule has 0 saturated carbocycles. The van der Waals surface area contributed by atoms with Crippen LogP contribution in [0, 0.1) is 4.91 Å². The van der Waals surface area contributed by atoms with Crippen molar-refractivity contribution in [1.82, 2.24) is 10.2 Å². The second kappa shape index (κ2) is 5.22. The molecule has 0 amide bonds. The Labute approximate surface area is 103 Å². The maximum Gasteiger partial charge on any atom is 0.356 e. The molecule has 92 valence electrons. The number of nitrogens with zero attached hydrogens (tertiary/aromatic N) is 2. The SMILES string of the molecule is CCOC(=O)c1cc(-c2ccc(N=O)cc2)n[nH]1. The third-order valence-electron chi connectivity index (χ3n) is 2.34. The summed E-state index contributed by atoms with van der Waals surface area (Å²) >= 11 is 0. The van der Waals surface area contributed by atoms with E-state index in [1.54, 1.807) is 37.3 Å². The lowest BCUT2D eigenvalue weighted by Crippen LogP contribution is -2.04. The number of aromatic amines is 1. The van der Waals surface area contributed by atoms with E-state index in [0.717, 1.165) is 5.56 Å². The van der Waals surface area contributed by atoms with Crippen LogP contribution in [0.3, 0.4) is 0 Å². The second-order valence-corrected chi connectivity index (χ2v) is 3.53. The number of nitrogens with one attached hydrogen (secondary N) is 1. The number of hydrogen-bond donors (Lipinski definition) is 1. The highest BCUT2D eigenvalue weighted by Gasteiger charge is 2.11. The Morgan fingerprint density at radius 2 is 2.11 bits per heavy atom. The Morgan fingerprint density at radius 3 is 2.72 bits per heavy atom. The molecule has 1 heterocycles. The molecule has 18 heavy (non-hydrogen) atoms. The number of H-pyrrole nitrogens is 1. The zero-order valence-corrected chi connectivity index (χ0v) is 9.71. The molecular formula is C12H11N3O3. The van der Waals surface area contributed by atoms with Crippen molar-refractivity contribution in [3.05, 3.63) is 40.9 Å². The van der Waals surface area contributed by atoms with Crippen LogP contribution in [0.4, 0.5) is 5.69 Å². The molecule has 0 saturated heterocycles. The van der Waals surface area contributed by atoms with E-state index in [9.17, 15) is 9.70 Å². The number of rotatable bonds is 4. The molecular weight excluding hydrogens is 234 g/mol. The van der Waals surface area contributed by atoms with Crippen molar-refractivity contribution in [2.45, 2.75) is 6.92 Å². The zero-order valence-electron chi connectivity index (χ0n) is 9.71. The maximum absolute atomic E-state index is 11.4. The summed E-state index contributed by atoms with van der Waals surface area (Å²) < 4.78 is 4.85. The van der Waals surface area contributed by atoms with E-state index in [1.165, 1.54) is 0 Å². The number of nitroso groups, excluding NO2 is 1. The fourth-order valence-electron chi connectivity index (χ4n) is 1.48. The fourth-order valence-corrected chi connectivity index (χ4v) is 1.48. The first kappa shape index (κ1) is 12.0. The number of benzene rings is 1. The van der Waals surface area contributed by atoms with Crippen LogP contribution in [0.15, 0.2) is 35.5 Å². The molecule has 0 atom stereocenters. The Kier molecular flexibility index (Phi) is 3.47. The molecule has 0 aliphatic carbocycles. The van der Waals surface area contributed by atoms with Gasteiger partial charge in [-0.15, -0.1) is 4.91 Å². The summed E-state index contributed by atoms with van der Waals surface area (Å²) in [7, 11) is 0. The van der Waals surface area contributed by atoms with Gasteiger partial charge in [0.15, 0.2) is 0 Å². The quantitative estimate of drug-likeness (QED) is 0.662. The summed E-state index contributed by atoms with van der Waals surface area (Å²) in [6, 6.07) is 8.19. The third kappa shape index (κ3) is 2.42. The number of esters is 1. The molecule has 0 fully saturated rings. The van der Waals surface area contributed by atoms with Crippen LogP contribution in [0.25, 0.3) is 11.3 Å². The number of hydrogen-bond acceptors (Lipinski definition) is 5. The first-order valence-electron chi connectivity index (χ1n) is 5.41. The zero-order chi connectivity index (χ0) is 13.0. The third-order valence-corrected chi connectivity index (χ3v) is 2.34. The van der Waals surface area contributed by atoms with Gasteiger partial charge in [-0.05, 0) is 30.3 Å². The second-order valence-electron chi connectivity index (χ2n) is 3.53. The first-order chi connectivity index (χ1) is 8.74. The number of ether oxygens (including phenoxy) is 1. The predicted octanol–water partition coefficient (Wildman–Crippen LogP) is 2.65. The monoisotopic (exact) mass is 245 g/mol. The van der Waals surface area contributed by atoms with Gasteiger partial charge in [0.2, 0.25) is 0 Å². The van der Waals surface area contributed by atoms with Gasteiger partial charge in [0.05, 0.1) is 12.3 Å². The normalized spacial score (nSPS) is 10.1. The van der Waals surface area contributed by atoms with E-state index in [2.05, 4.69) is 15.4 Å². The molecule has 2 rings (SSSR count). The van der Waals surface area contributed by atoms with Crippen molar-refractivity contribution in [2.75, 3.05) is 6.61 Å². The summed E-state index contributed by atoms with van der Waals surface area (Å²) in [4.78, 5) is 21.7. The molecule has 0 aliphatic heterocycles. The number of carbonyl (C=O) groups is 1. The van der Waals surface area contributed by atoms with Crippen LogP contribution >= 0.6 is 0 Å². The van der Waals surface area contributed by atoms with Gasteiger partial charge in [0.1, 0.15) is 11.4 Å². The largest absolute Gasteiger partial charge is 0.461 e. The van der Waals surface area contributed by atoms with Crippen LogP contribution in [0.1, 0.15) is 17.4 Å². The van der Waals surface area contributed by atoms with Gasteiger partial charge in [-0.3, -0.25) is 5.10 Å². The topological polar surface area (TPSA) is 84.4 Å².